The molecule has 0 aromatic rings. The minimum atomic E-state index is -0.353. The van der Waals surface area contributed by atoms with Gasteiger partial charge in [-0.1, -0.05) is 6.92 Å². The Balaban J connectivity index is 3.27. The molecule has 0 aliphatic heterocycles. The molecule has 0 radical (unpaired) electrons. The molecular weight excluding hydrogens is 182 g/mol. The fraction of sp³-hybridized carbons (Fsp3) is 0.889. The van der Waals surface area contributed by atoms with E-state index in [2.05, 4.69) is 10.6 Å². The first kappa shape index (κ1) is 13.2. The number of hydrogen-bond donors (Lipinski definition) is 3. The zero-order valence-electron chi connectivity index (χ0n) is 9.01. The van der Waals surface area contributed by atoms with E-state index in [-0.39, 0.29) is 12.2 Å². The van der Waals surface area contributed by atoms with Crippen LogP contribution in [0.4, 0.5) is 4.79 Å². The lowest BCUT2D eigenvalue weighted by Crippen LogP contribution is -2.35. The summed E-state index contributed by atoms with van der Waals surface area (Å²) in [5.74, 6) is 0. The van der Waals surface area contributed by atoms with Crippen LogP contribution in [-0.4, -0.2) is 38.4 Å². The van der Waals surface area contributed by atoms with Crippen molar-refractivity contribution in [3.05, 3.63) is 0 Å². The summed E-state index contributed by atoms with van der Waals surface area (Å²) in [6.45, 7) is 6.49. The summed E-state index contributed by atoms with van der Waals surface area (Å²) >= 11 is 0. The number of amides is 1. The Hall–Kier alpha value is -0.810. The van der Waals surface area contributed by atoms with Crippen molar-refractivity contribution in [1.29, 1.82) is 0 Å². The third kappa shape index (κ3) is 7.82. The van der Waals surface area contributed by atoms with Crippen LogP contribution >= 0.6 is 0 Å². The number of carbonyl (C=O) groups excluding carboxylic acids is 1. The maximum Gasteiger partial charge on any atom is 0.407 e. The molecule has 1 unspecified atom stereocenters. The van der Waals surface area contributed by atoms with Gasteiger partial charge in [-0.15, -0.1) is 0 Å². The number of alkyl carbamates (subject to hydrolysis) is 1. The van der Waals surface area contributed by atoms with Crippen molar-refractivity contribution in [2.75, 3.05) is 26.2 Å². The predicted octanol–water partition coefficient (Wildman–Crippen LogP) is 0.0594. The molecule has 5 nitrogen and oxygen atoms in total. The van der Waals surface area contributed by atoms with Crippen LogP contribution in [0.15, 0.2) is 0 Å². The van der Waals surface area contributed by atoms with Crippen molar-refractivity contribution >= 4 is 6.09 Å². The lowest BCUT2D eigenvalue weighted by molar-refractivity contribution is 0.105. The normalized spacial score (nSPS) is 12.2. The number of rotatable bonds is 7. The summed E-state index contributed by atoms with van der Waals surface area (Å²) in [6, 6.07) is 0. The van der Waals surface area contributed by atoms with Crippen LogP contribution in [0, 0.1) is 0 Å². The summed E-state index contributed by atoms with van der Waals surface area (Å²) in [4.78, 5) is 11.1. The van der Waals surface area contributed by atoms with Crippen molar-refractivity contribution in [3.63, 3.8) is 0 Å². The average Bonchev–Trinajstić information content (AvgIpc) is 2.17. The van der Waals surface area contributed by atoms with Gasteiger partial charge in [0.15, 0.2) is 0 Å². The number of nitrogens with two attached hydrogens (primary N) is 1. The minimum absolute atomic E-state index is 0.0213. The van der Waals surface area contributed by atoms with Crippen LogP contribution in [0.5, 0.6) is 0 Å². The molecule has 0 heterocycles. The highest BCUT2D eigenvalue weighted by Crippen LogP contribution is 1.94. The smallest absolute Gasteiger partial charge is 0.407 e. The minimum Gasteiger partial charge on any atom is -0.447 e. The van der Waals surface area contributed by atoms with E-state index in [0.717, 1.165) is 13.0 Å². The Bertz CT molecular complexity index is 153. The van der Waals surface area contributed by atoms with E-state index in [1.807, 2.05) is 13.8 Å². The van der Waals surface area contributed by atoms with Crippen LogP contribution in [0.25, 0.3) is 0 Å². The topological polar surface area (TPSA) is 76.4 Å². The molecule has 0 aromatic heterocycles. The molecule has 0 aliphatic carbocycles. The summed E-state index contributed by atoms with van der Waals surface area (Å²) in [7, 11) is 0. The SMILES string of the molecule is CCC(C)OC(=O)NCCNCCN. The van der Waals surface area contributed by atoms with E-state index < -0.39 is 0 Å². The molecule has 0 aliphatic rings. The van der Waals surface area contributed by atoms with E-state index in [1.165, 1.54) is 0 Å². The standard InChI is InChI=1S/C9H21N3O2/c1-3-8(2)14-9(13)12-7-6-11-5-4-10/h8,11H,3-7,10H2,1-2H3,(H,12,13). The molecule has 0 fully saturated rings. The first-order valence-electron chi connectivity index (χ1n) is 5.06. The van der Waals surface area contributed by atoms with E-state index in [9.17, 15) is 4.79 Å². The van der Waals surface area contributed by atoms with Gasteiger partial charge in [-0.2, -0.15) is 0 Å². The van der Waals surface area contributed by atoms with Crippen molar-refractivity contribution in [3.8, 4) is 0 Å². The third-order valence-corrected chi connectivity index (χ3v) is 1.78. The van der Waals surface area contributed by atoms with E-state index in [4.69, 9.17) is 10.5 Å². The molecule has 1 amide bonds. The fourth-order valence-electron chi connectivity index (χ4n) is 0.788. The molecule has 0 rings (SSSR count). The van der Waals surface area contributed by atoms with Gasteiger partial charge in [-0.05, 0) is 13.3 Å². The van der Waals surface area contributed by atoms with Gasteiger partial charge in [0.1, 0.15) is 6.10 Å². The first-order valence-corrected chi connectivity index (χ1v) is 5.06. The highest BCUT2D eigenvalue weighted by Gasteiger charge is 2.05. The molecule has 0 saturated carbocycles. The molecule has 84 valence electrons. The van der Waals surface area contributed by atoms with Gasteiger partial charge in [-0.25, -0.2) is 4.79 Å². The van der Waals surface area contributed by atoms with E-state index in [0.29, 0.717) is 19.6 Å². The van der Waals surface area contributed by atoms with E-state index in [1.54, 1.807) is 0 Å². The molecule has 14 heavy (non-hydrogen) atoms. The molecule has 0 saturated heterocycles. The van der Waals surface area contributed by atoms with Crippen LogP contribution in [-0.2, 0) is 4.74 Å². The molecule has 1 atom stereocenters. The molecule has 5 heteroatoms. The van der Waals surface area contributed by atoms with Gasteiger partial charge in [0.25, 0.3) is 0 Å². The third-order valence-electron chi connectivity index (χ3n) is 1.78. The highest BCUT2D eigenvalue weighted by atomic mass is 16.6. The fourth-order valence-corrected chi connectivity index (χ4v) is 0.788. The second kappa shape index (κ2) is 8.77. The Morgan fingerprint density at radius 2 is 2.14 bits per heavy atom. The zero-order chi connectivity index (χ0) is 10.8. The predicted molar refractivity (Wildman–Crippen MR) is 56.2 cm³/mol. The van der Waals surface area contributed by atoms with Gasteiger partial charge >= 0.3 is 6.09 Å². The highest BCUT2D eigenvalue weighted by molar-refractivity contribution is 5.67. The Kier molecular flexibility index (Phi) is 8.27. The number of ether oxygens (including phenoxy) is 1. The molecule has 0 bridgehead atoms. The number of nitrogens with one attached hydrogen (secondary N) is 2. The van der Waals surface area contributed by atoms with Crippen LogP contribution in [0.2, 0.25) is 0 Å². The Morgan fingerprint density at radius 1 is 1.43 bits per heavy atom. The molecular formula is C9H21N3O2. The monoisotopic (exact) mass is 203 g/mol. The second-order valence-electron chi connectivity index (χ2n) is 3.09. The van der Waals surface area contributed by atoms with Gasteiger partial charge < -0.3 is 21.1 Å². The van der Waals surface area contributed by atoms with Crippen LogP contribution in [0.1, 0.15) is 20.3 Å². The summed E-state index contributed by atoms with van der Waals surface area (Å²) in [6.07, 6.45) is 0.458. The molecule has 0 spiro atoms. The van der Waals surface area contributed by atoms with Gasteiger partial charge in [-0.3, -0.25) is 0 Å². The van der Waals surface area contributed by atoms with Crippen molar-refractivity contribution in [1.82, 2.24) is 10.6 Å². The van der Waals surface area contributed by atoms with Crippen molar-refractivity contribution in [2.45, 2.75) is 26.4 Å². The quantitative estimate of drug-likeness (QED) is 0.511. The van der Waals surface area contributed by atoms with E-state index >= 15 is 0 Å². The van der Waals surface area contributed by atoms with Crippen LogP contribution in [0.3, 0.4) is 0 Å². The maximum atomic E-state index is 11.1. The molecule has 0 aromatic carbocycles. The largest absolute Gasteiger partial charge is 0.447 e. The average molecular weight is 203 g/mol. The Labute approximate surface area is 85.4 Å². The number of carbonyl (C=O) groups is 1. The molecule has 4 N–H and O–H groups in total. The summed E-state index contributed by atoms with van der Waals surface area (Å²) in [5.41, 5.74) is 5.28. The van der Waals surface area contributed by atoms with Gasteiger partial charge in [0, 0.05) is 26.2 Å². The van der Waals surface area contributed by atoms with Crippen molar-refractivity contribution < 1.29 is 9.53 Å². The second-order valence-corrected chi connectivity index (χ2v) is 3.09. The Morgan fingerprint density at radius 3 is 2.71 bits per heavy atom. The van der Waals surface area contributed by atoms with Gasteiger partial charge in [0.2, 0.25) is 0 Å². The van der Waals surface area contributed by atoms with Crippen molar-refractivity contribution in [2.24, 2.45) is 5.73 Å². The lowest BCUT2D eigenvalue weighted by atomic mass is 10.3. The van der Waals surface area contributed by atoms with Gasteiger partial charge in [0.05, 0.1) is 0 Å². The summed E-state index contributed by atoms with van der Waals surface area (Å²) < 4.78 is 5.00. The number of hydrogen-bond acceptors (Lipinski definition) is 4. The maximum absolute atomic E-state index is 11.1. The van der Waals surface area contributed by atoms with Crippen LogP contribution < -0.4 is 16.4 Å². The zero-order valence-corrected chi connectivity index (χ0v) is 9.01. The lowest BCUT2D eigenvalue weighted by Gasteiger charge is -2.11. The summed E-state index contributed by atoms with van der Waals surface area (Å²) in [5, 5.41) is 5.70. The first-order chi connectivity index (χ1) is 6.70.